The SMILES string of the molecule is CC(=O)OCC#CCN1CCCCC1C. The van der Waals surface area contributed by atoms with Gasteiger partial charge in [0, 0.05) is 13.0 Å². The van der Waals surface area contributed by atoms with E-state index in [2.05, 4.69) is 23.7 Å². The Kier molecular flexibility index (Phi) is 5.20. The van der Waals surface area contributed by atoms with Gasteiger partial charge in [-0.3, -0.25) is 9.69 Å². The molecule has 3 heteroatoms. The standard InChI is InChI=1S/C12H19NO2/c1-11-7-3-4-8-13(11)9-5-6-10-15-12(2)14/h11H,3-4,7-10H2,1-2H3. The van der Waals surface area contributed by atoms with Crippen LogP contribution in [0, 0.1) is 11.8 Å². The zero-order chi connectivity index (χ0) is 11.1. The first-order valence-corrected chi connectivity index (χ1v) is 5.53. The molecule has 1 unspecified atom stereocenters. The Morgan fingerprint density at radius 3 is 2.93 bits per heavy atom. The average molecular weight is 209 g/mol. The lowest BCUT2D eigenvalue weighted by molar-refractivity contribution is -0.139. The van der Waals surface area contributed by atoms with Crippen LogP contribution in [-0.2, 0) is 9.53 Å². The molecule has 1 saturated heterocycles. The molecule has 0 saturated carbocycles. The molecule has 0 N–H and O–H groups in total. The van der Waals surface area contributed by atoms with E-state index < -0.39 is 0 Å². The molecule has 0 aromatic carbocycles. The fourth-order valence-electron chi connectivity index (χ4n) is 1.74. The summed E-state index contributed by atoms with van der Waals surface area (Å²) < 4.78 is 4.73. The smallest absolute Gasteiger partial charge is 0.303 e. The highest BCUT2D eigenvalue weighted by molar-refractivity contribution is 5.66. The molecule has 1 fully saturated rings. The molecule has 1 heterocycles. The Labute approximate surface area is 91.8 Å². The number of nitrogens with zero attached hydrogens (tertiary/aromatic N) is 1. The van der Waals surface area contributed by atoms with E-state index >= 15 is 0 Å². The number of hydrogen-bond acceptors (Lipinski definition) is 3. The molecule has 0 bridgehead atoms. The molecule has 1 atom stereocenters. The van der Waals surface area contributed by atoms with Crippen LogP contribution in [0.2, 0.25) is 0 Å². The summed E-state index contributed by atoms with van der Waals surface area (Å²) in [6.07, 6.45) is 3.88. The van der Waals surface area contributed by atoms with E-state index in [1.807, 2.05) is 0 Å². The van der Waals surface area contributed by atoms with Crippen LogP contribution >= 0.6 is 0 Å². The number of likely N-dealkylation sites (tertiary alicyclic amines) is 1. The van der Waals surface area contributed by atoms with Crippen molar-refractivity contribution in [3.8, 4) is 11.8 Å². The van der Waals surface area contributed by atoms with Crippen LogP contribution in [0.5, 0.6) is 0 Å². The Bertz CT molecular complexity index is 265. The van der Waals surface area contributed by atoms with E-state index in [1.54, 1.807) is 0 Å². The minimum atomic E-state index is -0.268. The van der Waals surface area contributed by atoms with E-state index in [0.717, 1.165) is 13.1 Å². The zero-order valence-electron chi connectivity index (χ0n) is 9.58. The Morgan fingerprint density at radius 1 is 1.47 bits per heavy atom. The molecule has 0 spiro atoms. The topological polar surface area (TPSA) is 29.5 Å². The third-order valence-electron chi connectivity index (χ3n) is 2.70. The second-order valence-electron chi connectivity index (χ2n) is 3.95. The molecule has 1 rings (SSSR count). The van der Waals surface area contributed by atoms with Crippen molar-refractivity contribution in [2.24, 2.45) is 0 Å². The van der Waals surface area contributed by atoms with Gasteiger partial charge >= 0.3 is 5.97 Å². The molecule has 0 radical (unpaired) electrons. The maximum Gasteiger partial charge on any atom is 0.303 e. The molecule has 0 aromatic heterocycles. The number of carbonyl (C=O) groups excluding carboxylic acids is 1. The van der Waals surface area contributed by atoms with Crippen LogP contribution in [0.15, 0.2) is 0 Å². The second kappa shape index (κ2) is 6.47. The molecule has 84 valence electrons. The lowest BCUT2D eigenvalue weighted by Crippen LogP contribution is -2.37. The summed E-state index contributed by atoms with van der Waals surface area (Å²) in [6, 6.07) is 0.641. The fourth-order valence-corrected chi connectivity index (χ4v) is 1.74. The first-order chi connectivity index (χ1) is 7.20. The number of rotatable bonds is 2. The zero-order valence-corrected chi connectivity index (χ0v) is 9.58. The van der Waals surface area contributed by atoms with Crippen molar-refractivity contribution < 1.29 is 9.53 Å². The van der Waals surface area contributed by atoms with Gasteiger partial charge in [-0.1, -0.05) is 18.3 Å². The van der Waals surface area contributed by atoms with Gasteiger partial charge in [0.1, 0.15) is 0 Å². The van der Waals surface area contributed by atoms with Crippen LogP contribution < -0.4 is 0 Å². The Hall–Kier alpha value is -1.01. The third-order valence-corrected chi connectivity index (χ3v) is 2.70. The van der Waals surface area contributed by atoms with E-state index in [0.29, 0.717) is 6.04 Å². The number of ether oxygens (including phenoxy) is 1. The van der Waals surface area contributed by atoms with Crippen molar-refractivity contribution in [2.75, 3.05) is 19.7 Å². The number of piperidine rings is 1. The van der Waals surface area contributed by atoms with Crippen LogP contribution in [0.1, 0.15) is 33.1 Å². The summed E-state index contributed by atoms with van der Waals surface area (Å²) in [5.41, 5.74) is 0. The van der Waals surface area contributed by atoms with Gasteiger partial charge in [0.2, 0.25) is 0 Å². The highest BCUT2D eigenvalue weighted by Crippen LogP contribution is 2.15. The van der Waals surface area contributed by atoms with Crippen molar-refractivity contribution in [2.45, 2.75) is 39.2 Å². The van der Waals surface area contributed by atoms with E-state index in [1.165, 1.54) is 26.2 Å². The van der Waals surface area contributed by atoms with Gasteiger partial charge < -0.3 is 4.74 Å². The Balaban J connectivity index is 2.19. The van der Waals surface area contributed by atoms with Crippen LogP contribution in [0.3, 0.4) is 0 Å². The predicted molar refractivity (Wildman–Crippen MR) is 59.3 cm³/mol. The number of carbonyl (C=O) groups is 1. The van der Waals surface area contributed by atoms with Crippen molar-refractivity contribution in [1.82, 2.24) is 4.90 Å². The van der Waals surface area contributed by atoms with Gasteiger partial charge in [0.25, 0.3) is 0 Å². The molecular weight excluding hydrogens is 190 g/mol. The van der Waals surface area contributed by atoms with Gasteiger partial charge in [0.15, 0.2) is 6.61 Å². The summed E-state index contributed by atoms with van der Waals surface area (Å²) in [6.45, 7) is 5.80. The first kappa shape index (κ1) is 12.1. The molecule has 15 heavy (non-hydrogen) atoms. The summed E-state index contributed by atoms with van der Waals surface area (Å²) in [5, 5.41) is 0. The summed E-state index contributed by atoms with van der Waals surface area (Å²) in [7, 11) is 0. The monoisotopic (exact) mass is 209 g/mol. The second-order valence-corrected chi connectivity index (χ2v) is 3.95. The van der Waals surface area contributed by atoms with Crippen molar-refractivity contribution >= 4 is 5.97 Å². The minimum Gasteiger partial charge on any atom is -0.453 e. The molecule has 0 aliphatic carbocycles. The minimum absolute atomic E-state index is 0.220. The van der Waals surface area contributed by atoms with Crippen LogP contribution in [0.4, 0.5) is 0 Å². The maximum absolute atomic E-state index is 10.5. The molecule has 0 amide bonds. The quantitative estimate of drug-likeness (QED) is 0.509. The highest BCUT2D eigenvalue weighted by Gasteiger charge is 2.16. The van der Waals surface area contributed by atoms with E-state index in [4.69, 9.17) is 4.74 Å². The molecule has 1 aliphatic rings. The first-order valence-electron chi connectivity index (χ1n) is 5.53. The number of hydrogen-bond donors (Lipinski definition) is 0. The summed E-state index contributed by atoms with van der Waals surface area (Å²) in [4.78, 5) is 12.8. The lowest BCUT2D eigenvalue weighted by atomic mass is 10.0. The predicted octanol–water partition coefficient (Wildman–Crippen LogP) is 1.43. The highest BCUT2D eigenvalue weighted by atomic mass is 16.5. The van der Waals surface area contributed by atoms with E-state index in [-0.39, 0.29) is 12.6 Å². The normalized spacial score (nSPS) is 21.6. The van der Waals surface area contributed by atoms with Crippen molar-refractivity contribution in [3.63, 3.8) is 0 Å². The summed E-state index contributed by atoms with van der Waals surface area (Å²) in [5.74, 6) is 5.62. The average Bonchev–Trinajstić information content (AvgIpc) is 2.20. The Morgan fingerprint density at radius 2 is 2.27 bits per heavy atom. The van der Waals surface area contributed by atoms with Gasteiger partial charge in [-0.05, 0) is 26.3 Å². The third kappa shape index (κ3) is 4.85. The van der Waals surface area contributed by atoms with Crippen LogP contribution in [0.25, 0.3) is 0 Å². The fraction of sp³-hybridized carbons (Fsp3) is 0.750. The molecule has 0 aromatic rings. The van der Waals surface area contributed by atoms with Crippen molar-refractivity contribution in [1.29, 1.82) is 0 Å². The number of esters is 1. The van der Waals surface area contributed by atoms with Crippen molar-refractivity contribution in [3.05, 3.63) is 0 Å². The largest absolute Gasteiger partial charge is 0.453 e. The van der Waals surface area contributed by atoms with Gasteiger partial charge in [-0.25, -0.2) is 0 Å². The van der Waals surface area contributed by atoms with E-state index in [9.17, 15) is 4.79 Å². The van der Waals surface area contributed by atoms with Crippen LogP contribution in [-0.4, -0.2) is 36.6 Å². The molecular formula is C12H19NO2. The maximum atomic E-state index is 10.5. The molecule has 1 aliphatic heterocycles. The summed E-state index contributed by atoms with van der Waals surface area (Å²) >= 11 is 0. The van der Waals surface area contributed by atoms with Gasteiger partial charge in [0.05, 0.1) is 6.54 Å². The molecule has 3 nitrogen and oxygen atoms in total. The lowest BCUT2D eigenvalue weighted by Gasteiger charge is -2.31. The van der Waals surface area contributed by atoms with Gasteiger partial charge in [-0.2, -0.15) is 0 Å². The van der Waals surface area contributed by atoms with Gasteiger partial charge in [-0.15, -0.1) is 0 Å².